The van der Waals surface area contributed by atoms with Gasteiger partial charge in [0, 0.05) is 25.7 Å². The minimum atomic E-state index is -4.64. The number of amides is 2. The van der Waals surface area contributed by atoms with Gasteiger partial charge in [-0.2, -0.15) is 13.2 Å². The van der Waals surface area contributed by atoms with Crippen molar-refractivity contribution in [2.45, 2.75) is 45.8 Å². The summed E-state index contributed by atoms with van der Waals surface area (Å²) < 4.78 is 39.2. The van der Waals surface area contributed by atoms with Crippen molar-refractivity contribution in [2.75, 3.05) is 32.7 Å². The highest BCUT2D eigenvalue weighted by molar-refractivity contribution is 5.77. The van der Waals surface area contributed by atoms with Crippen LogP contribution in [0.25, 0.3) is 0 Å². The summed E-state index contributed by atoms with van der Waals surface area (Å²) in [5.74, 6) is -4.19. The summed E-state index contributed by atoms with van der Waals surface area (Å²) in [4.78, 5) is 26.8. The van der Waals surface area contributed by atoms with Crippen molar-refractivity contribution in [3.8, 4) is 0 Å². The first-order chi connectivity index (χ1) is 12.5. The Hall–Kier alpha value is -1.51. The molecule has 0 aliphatic carbocycles. The Morgan fingerprint density at radius 1 is 1.19 bits per heavy atom. The third-order valence-corrected chi connectivity index (χ3v) is 5.86. The lowest BCUT2D eigenvalue weighted by Gasteiger charge is -2.39. The standard InChI is InChI=1S/C18H30F3N3O3/c1-11(2)15(23-6-4-12(3)5-7-23)8-22-17(27)24-9-13(16(25)26)14(10-24)18(19,20)21/h11-15H,4-10H2,1-3H3,(H,22,27)(H,25,26)/t13-,14-,15?/m1/s1. The number of alkyl halides is 3. The Kier molecular flexibility index (Phi) is 6.99. The minimum absolute atomic E-state index is 0.109. The molecule has 2 N–H and O–H groups in total. The van der Waals surface area contributed by atoms with Crippen molar-refractivity contribution in [1.82, 2.24) is 15.1 Å². The smallest absolute Gasteiger partial charge is 0.394 e. The van der Waals surface area contributed by atoms with Gasteiger partial charge in [0.1, 0.15) is 0 Å². The second-order valence-corrected chi connectivity index (χ2v) is 8.21. The maximum Gasteiger partial charge on any atom is 0.394 e. The summed E-state index contributed by atoms with van der Waals surface area (Å²) >= 11 is 0. The molecule has 2 rings (SSSR count). The zero-order chi connectivity index (χ0) is 20.4. The molecule has 0 bridgehead atoms. The van der Waals surface area contributed by atoms with Crippen molar-refractivity contribution < 1.29 is 27.9 Å². The number of rotatable bonds is 5. The van der Waals surface area contributed by atoms with Crippen LogP contribution in [0, 0.1) is 23.7 Å². The van der Waals surface area contributed by atoms with Crippen LogP contribution in [-0.2, 0) is 4.79 Å². The highest BCUT2D eigenvalue weighted by atomic mass is 19.4. The summed E-state index contributed by atoms with van der Waals surface area (Å²) in [5.41, 5.74) is 0. The first kappa shape index (κ1) is 21.8. The van der Waals surface area contributed by atoms with Crippen LogP contribution in [0.3, 0.4) is 0 Å². The highest BCUT2D eigenvalue weighted by Crippen LogP contribution is 2.37. The predicted molar refractivity (Wildman–Crippen MR) is 94.2 cm³/mol. The van der Waals surface area contributed by atoms with E-state index in [4.69, 9.17) is 5.11 Å². The number of hydrogen-bond donors (Lipinski definition) is 2. The Bertz CT molecular complexity index is 534. The monoisotopic (exact) mass is 393 g/mol. The molecule has 3 atom stereocenters. The molecule has 2 amide bonds. The van der Waals surface area contributed by atoms with Gasteiger partial charge in [0.2, 0.25) is 0 Å². The van der Waals surface area contributed by atoms with Crippen LogP contribution in [0.5, 0.6) is 0 Å². The molecule has 2 fully saturated rings. The normalized spacial score (nSPS) is 26.4. The summed E-state index contributed by atoms with van der Waals surface area (Å²) in [6, 6.07) is -0.512. The van der Waals surface area contributed by atoms with E-state index in [9.17, 15) is 22.8 Å². The van der Waals surface area contributed by atoms with E-state index in [0.29, 0.717) is 12.5 Å². The number of urea groups is 1. The lowest BCUT2D eigenvalue weighted by molar-refractivity contribution is -0.187. The zero-order valence-electron chi connectivity index (χ0n) is 16.1. The molecule has 6 nitrogen and oxygen atoms in total. The van der Waals surface area contributed by atoms with Gasteiger partial charge in [-0.15, -0.1) is 0 Å². The minimum Gasteiger partial charge on any atom is -0.481 e. The van der Waals surface area contributed by atoms with E-state index in [2.05, 4.69) is 31.0 Å². The third kappa shape index (κ3) is 5.49. The van der Waals surface area contributed by atoms with Crippen LogP contribution in [-0.4, -0.2) is 71.8 Å². The maximum absolute atomic E-state index is 13.1. The zero-order valence-corrected chi connectivity index (χ0v) is 16.1. The van der Waals surface area contributed by atoms with Gasteiger partial charge >= 0.3 is 18.2 Å². The van der Waals surface area contributed by atoms with Crippen molar-refractivity contribution in [2.24, 2.45) is 23.7 Å². The summed E-state index contributed by atoms with van der Waals surface area (Å²) in [6.07, 6.45) is -2.45. The second-order valence-electron chi connectivity index (χ2n) is 8.21. The maximum atomic E-state index is 13.1. The Labute approximate surface area is 158 Å². The average molecular weight is 393 g/mol. The van der Waals surface area contributed by atoms with Gasteiger partial charge in [-0.05, 0) is 37.8 Å². The fourth-order valence-electron chi connectivity index (χ4n) is 4.00. The molecular weight excluding hydrogens is 363 g/mol. The number of nitrogens with zero attached hydrogens (tertiary/aromatic N) is 2. The van der Waals surface area contributed by atoms with Gasteiger partial charge < -0.3 is 15.3 Å². The van der Waals surface area contributed by atoms with Crippen LogP contribution in [0.2, 0.25) is 0 Å². The van der Waals surface area contributed by atoms with Crippen molar-refractivity contribution in [1.29, 1.82) is 0 Å². The molecule has 27 heavy (non-hydrogen) atoms. The molecule has 0 saturated carbocycles. The summed E-state index contributed by atoms with van der Waals surface area (Å²) in [6.45, 7) is 7.54. The number of halogens is 3. The van der Waals surface area contributed by atoms with E-state index in [-0.39, 0.29) is 12.0 Å². The van der Waals surface area contributed by atoms with E-state index in [1.807, 2.05) is 0 Å². The van der Waals surface area contributed by atoms with Gasteiger partial charge in [0.05, 0.1) is 11.8 Å². The number of carboxylic acid groups (broad SMARTS) is 1. The SMILES string of the molecule is CC1CCN(C(CNC(=O)N2C[C@@H](C(F)(F)F)[C@H](C(=O)O)C2)C(C)C)CC1. The predicted octanol–water partition coefficient (Wildman–Crippen LogP) is 2.65. The number of piperidine rings is 1. The van der Waals surface area contributed by atoms with Gasteiger partial charge in [-0.25, -0.2) is 4.79 Å². The van der Waals surface area contributed by atoms with Crippen molar-refractivity contribution in [3.63, 3.8) is 0 Å². The molecular formula is C18H30F3N3O3. The number of nitrogens with one attached hydrogen (secondary N) is 1. The quantitative estimate of drug-likeness (QED) is 0.753. The molecule has 2 saturated heterocycles. The lowest BCUT2D eigenvalue weighted by atomic mass is 9.94. The summed E-state index contributed by atoms with van der Waals surface area (Å²) in [7, 11) is 0. The fourth-order valence-corrected chi connectivity index (χ4v) is 4.00. The van der Waals surface area contributed by atoms with Crippen LogP contribution in [0.4, 0.5) is 18.0 Å². The first-order valence-corrected chi connectivity index (χ1v) is 9.57. The molecule has 156 valence electrons. The van der Waals surface area contributed by atoms with E-state index in [0.717, 1.165) is 30.8 Å². The number of carboxylic acids is 1. The lowest BCUT2D eigenvalue weighted by Crippen LogP contribution is -2.51. The van der Waals surface area contributed by atoms with E-state index in [1.54, 1.807) is 0 Å². The number of carbonyl (C=O) groups excluding carboxylic acids is 1. The largest absolute Gasteiger partial charge is 0.481 e. The van der Waals surface area contributed by atoms with E-state index in [1.165, 1.54) is 0 Å². The topological polar surface area (TPSA) is 72.9 Å². The Morgan fingerprint density at radius 3 is 2.22 bits per heavy atom. The van der Waals surface area contributed by atoms with Crippen molar-refractivity contribution in [3.05, 3.63) is 0 Å². The molecule has 2 aliphatic rings. The Balaban J connectivity index is 1.94. The fraction of sp³-hybridized carbons (Fsp3) is 0.889. The van der Waals surface area contributed by atoms with Crippen LogP contribution >= 0.6 is 0 Å². The Morgan fingerprint density at radius 2 is 1.78 bits per heavy atom. The molecule has 0 radical (unpaired) electrons. The second kappa shape index (κ2) is 8.67. The van der Waals surface area contributed by atoms with Gasteiger partial charge in [0.15, 0.2) is 0 Å². The van der Waals surface area contributed by atoms with Crippen LogP contribution in [0.15, 0.2) is 0 Å². The molecule has 0 aromatic carbocycles. The third-order valence-electron chi connectivity index (χ3n) is 5.86. The molecule has 2 aliphatic heterocycles. The van der Waals surface area contributed by atoms with Crippen LogP contribution in [0.1, 0.15) is 33.6 Å². The number of hydrogen-bond acceptors (Lipinski definition) is 3. The van der Waals surface area contributed by atoms with E-state index < -0.39 is 43.1 Å². The van der Waals surface area contributed by atoms with Gasteiger partial charge in [-0.1, -0.05) is 20.8 Å². The molecule has 0 aromatic heterocycles. The number of carbonyl (C=O) groups is 2. The molecule has 0 aromatic rings. The molecule has 2 heterocycles. The van der Waals surface area contributed by atoms with Gasteiger partial charge in [-0.3, -0.25) is 9.69 Å². The first-order valence-electron chi connectivity index (χ1n) is 9.57. The molecule has 0 spiro atoms. The number of likely N-dealkylation sites (tertiary alicyclic amines) is 2. The van der Waals surface area contributed by atoms with Gasteiger partial charge in [0.25, 0.3) is 0 Å². The average Bonchev–Trinajstić information content (AvgIpc) is 3.02. The van der Waals surface area contributed by atoms with E-state index >= 15 is 0 Å². The van der Waals surface area contributed by atoms with Crippen LogP contribution < -0.4 is 5.32 Å². The number of aliphatic carboxylic acids is 1. The summed E-state index contributed by atoms with van der Waals surface area (Å²) in [5, 5.41) is 11.8. The molecule has 1 unspecified atom stereocenters. The van der Waals surface area contributed by atoms with Crippen molar-refractivity contribution >= 4 is 12.0 Å². The molecule has 9 heteroatoms. The highest BCUT2D eigenvalue weighted by Gasteiger charge is 2.53.